The molecule has 0 radical (unpaired) electrons. The summed E-state index contributed by atoms with van der Waals surface area (Å²) in [6, 6.07) is 1.38. The highest BCUT2D eigenvalue weighted by Crippen LogP contribution is 2.19. The first-order chi connectivity index (χ1) is 12.6. The minimum Gasteiger partial charge on any atom is -0.273 e. The van der Waals surface area contributed by atoms with Crippen LogP contribution in [0, 0.1) is 12.7 Å². The summed E-state index contributed by atoms with van der Waals surface area (Å²) in [7, 11) is 0. The molecule has 26 heavy (non-hydrogen) atoms. The van der Waals surface area contributed by atoms with E-state index in [1.807, 2.05) is 47.8 Å². The Morgan fingerprint density at radius 3 is 2.46 bits per heavy atom. The maximum absolute atomic E-state index is 13.3. The van der Waals surface area contributed by atoms with Gasteiger partial charge < -0.3 is 0 Å². The number of carbonyl (C=O) groups is 1. The van der Waals surface area contributed by atoms with Crippen molar-refractivity contribution in [1.82, 2.24) is 14.6 Å². The number of aryl methyl sites for hydroxylation is 1. The van der Waals surface area contributed by atoms with E-state index in [4.69, 9.17) is 0 Å². The van der Waals surface area contributed by atoms with Crippen molar-refractivity contribution in [2.75, 3.05) is 23.6 Å². The van der Waals surface area contributed by atoms with Crippen molar-refractivity contribution in [3.05, 3.63) is 36.3 Å². The van der Waals surface area contributed by atoms with Crippen LogP contribution in [0.4, 0.5) is 4.39 Å². The molecule has 2 rings (SSSR count). The molecular weight excluding hydrogens is 351 g/mol. The van der Waals surface area contributed by atoms with Gasteiger partial charge in [0.1, 0.15) is 11.6 Å². The fourth-order valence-corrected chi connectivity index (χ4v) is 2.55. The van der Waals surface area contributed by atoms with Gasteiger partial charge in [0, 0.05) is 30.5 Å². The van der Waals surface area contributed by atoms with Crippen molar-refractivity contribution in [2.24, 2.45) is 0 Å². The Kier molecular flexibility index (Phi) is 12.4. The highest BCUT2D eigenvalue weighted by molar-refractivity contribution is 7.98. The van der Waals surface area contributed by atoms with E-state index in [1.54, 1.807) is 33.8 Å². The predicted molar refractivity (Wildman–Crippen MR) is 110 cm³/mol. The smallest absolute Gasteiger partial charge is 0.242 e. The molecule has 0 saturated carbocycles. The summed E-state index contributed by atoms with van der Waals surface area (Å²) in [6.07, 6.45) is 6.90. The van der Waals surface area contributed by atoms with Gasteiger partial charge in [-0.05, 0) is 26.2 Å². The number of rotatable bonds is 6. The normalized spacial score (nSPS) is 9.54. The molecule has 0 unspecified atom stereocenters. The van der Waals surface area contributed by atoms with Gasteiger partial charge in [0.2, 0.25) is 5.91 Å². The predicted octanol–water partition coefficient (Wildman–Crippen LogP) is 4.68. The van der Waals surface area contributed by atoms with Gasteiger partial charge in [-0.15, -0.1) is 0 Å². The van der Waals surface area contributed by atoms with Crippen molar-refractivity contribution < 1.29 is 9.18 Å². The number of hydrogen-bond donors (Lipinski definition) is 0. The largest absolute Gasteiger partial charge is 0.273 e. The summed E-state index contributed by atoms with van der Waals surface area (Å²) < 4.78 is 15.0. The van der Waals surface area contributed by atoms with Crippen LogP contribution >= 0.6 is 11.8 Å². The monoisotopic (exact) mass is 382 g/mol. The van der Waals surface area contributed by atoms with Crippen molar-refractivity contribution in [3.8, 4) is 11.3 Å². The highest BCUT2D eigenvalue weighted by atomic mass is 32.2. The lowest BCUT2D eigenvalue weighted by Crippen LogP contribution is -2.40. The molecule has 0 aliphatic carbocycles. The van der Waals surface area contributed by atoms with Gasteiger partial charge in [-0.2, -0.15) is 11.8 Å². The number of halogens is 1. The molecule has 2 heterocycles. The second-order valence-corrected chi connectivity index (χ2v) is 5.75. The van der Waals surface area contributed by atoms with Crippen molar-refractivity contribution in [3.63, 3.8) is 0 Å². The Morgan fingerprint density at radius 2 is 1.92 bits per heavy atom. The number of pyridine rings is 1. The molecule has 2 aromatic heterocycles. The molecule has 0 fully saturated rings. The molecule has 0 spiro atoms. The van der Waals surface area contributed by atoms with Crippen LogP contribution in [0.2, 0.25) is 0 Å². The summed E-state index contributed by atoms with van der Waals surface area (Å²) in [5, 5.41) is 1.65. The minimum atomic E-state index is -0.409. The molecule has 2 aromatic rings. The molecule has 0 atom stereocenters. The number of nitrogens with zero attached hydrogens (tertiary/aromatic N) is 4. The van der Waals surface area contributed by atoms with E-state index >= 15 is 0 Å². The fraction of sp³-hybridized carbons (Fsp3) is 0.526. The summed E-state index contributed by atoms with van der Waals surface area (Å²) in [5.41, 5.74) is 1.19. The van der Waals surface area contributed by atoms with E-state index in [-0.39, 0.29) is 5.91 Å². The minimum absolute atomic E-state index is 0.0428. The van der Waals surface area contributed by atoms with Gasteiger partial charge in [-0.3, -0.25) is 9.78 Å². The Labute approximate surface area is 161 Å². The molecule has 0 aliphatic heterocycles. The van der Waals surface area contributed by atoms with E-state index in [9.17, 15) is 9.18 Å². The Balaban J connectivity index is 0.00000146. The number of imidazole rings is 1. The number of amides is 1. The SMILES string of the molecule is CC.CC.CCN(C(=O)CCSC)n1cc(-c2cncc(F)c2)nc1C. The van der Waals surface area contributed by atoms with Crippen LogP contribution < -0.4 is 5.01 Å². The van der Waals surface area contributed by atoms with Crippen molar-refractivity contribution in [1.29, 1.82) is 0 Å². The van der Waals surface area contributed by atoms with Gasteiger partial charge in [-0.1, -0.05) is 27.7 Å². The lowest BCUT2D eigenvalue weighted by atomic mass is 10.2. The zero-order valence-corrected chi connectivity index (χ0v) is 17.7. The molecule has 1 amide bonds. The van der Waals surface area contributed by atoms with E-state index < -0.39 is 5.82 Å². The van der Waals surface area contributed by atoms with Crippen molar-refractivity contribution >= 4 is 17.7 Å². The number of aromatic nitrogens is 3. The van der Waals surface area contributed by atoms with Gasteiger partial charge in [0.05, 0.1) is 18.1 Å². The van der Waals surface area contributed by atoms with Crippen LogP contribution in [-0.4, -0.2) is 39.1 Å². The van der Waals surface area contributed by atoms with Gasteiger partial charge in [0.15, 0.2) is 0 Å². The number of hydrogen-bond acceptors (Lipinski definition) is 4. The summed E-state index contributed by atoms with van der Waals surface area (Å²) in [5.74, 6) is 1.09. The quantitative estimate of drug-likeness (QED) is 0.728. The number of thioether (sulfide) groups is 1. The number of carbonyl (C=O) groups excluding carboxylic acids is 1. The van der Waals surface area contributed by atoms with E-state index in [2.05, 4.69) is 9.97 Å². The Bertz CT molecular complexity index is 661. The second kappa shape index (κ2) is 13.3. The summed E-state index contributed by atoms with van der Waals surface area (Å²) >= 11 is 1.64. The van der Waals surface area contributed by atoms with E-state index in [0.29, 0.717) is 30.0 Å². The van der Waals surface area contributed by atoms with Gasteiger partial charge >= 0.3 is 0 Å². The van der Waals surface area contributed by atoms with E-state index in [1.165, 1.54) is 6.07 Å². The molecule has 0 bridgehead atoms. The first kappa shape index (κ1) is 24.1. The zero-order chi connectivity index (χ0) is 20.1. The van der Waals surface area contributed by atoms with E-state index in [0.717, 1.165) is 11.9 Å². The third-order valence-electron chi connectivity index (χ3n) is 3.23. The molecule has 7 heteroatoms. The summed E-state index contributed by atoms with van der Waals surface area (Å²) in [6.45, 7) is 12.3. The highest BCUT2D eigenvalue weighted by Gasteiger charge is 2.17. The van der Waals surface area contributed by atoms with Crippen LogP contribution in [0.25, 0.3) is 11.3 Å². The molecule has 146 valence electrons. The van der Waals surface area contributed by atoms with Gasteiger partial charge in [0.25, 0.3) is 0 Å². The first-order valence-electron chi connectivity index (χ1n) is 9.03. The van der Waals surface area contributed by atoms with Crippen LogP contribution in [-0.2, 0) is 4.79 Å². The van der Waals surface area contributed by atoms with Crippen LogP contribution in [0.5, 0.6) is 0 Å². The van der Waals surface area contributed by atoms with Crippen LogP contribution in [0.1, 0.15) is 46.9 Å². The van der Waals surface area contributed by atoms with Crippen molar-refractivity contribution in [2.45, 2.75) is 48.0 Å². The Morgan fingerprint density at radius 1 is 1.27 bits per heavy atom. The Hall–Kier alpha value is -1.89. The zero-order valence-electron chi connectivity index (χ0n) is 16.9. The average molecular weight is 383 g/mol. The average Bonchev–Trinajstić information content (AvgIpc) is 3.05. The standard InChI is InChI=1S/C15H19FN4OS.2C2H6/c1-4-19(15(21)5-6-22-3)20-10-14(18-11(20)2)12-7-13(16)9-17-8-12;2*1-2/h7-10H,4-6H2,1-3H3;2*1-2H3. The topological polar surface area (TPSA) is 51.0 Å². The maximum Gasteiger partial charge on any atom is 0.242 e. The third-order valence-corrected chi connectivity index (χ3v) is 3.84. The van der Waals surface area contributed by atoms with Gasteiger partial charge in [-0.25, -0.2) is 19.1 Å². The fourth-order valence-electron chi connectivity index (χ4n) is 2.17. The molecule has 0 N–H and O–H groups in total. The molecular formula is C19H31FN4OS. The second-order valence-electron chi connectivity index (χ2n) is 4.76. The molecule has 0 saturated heterocycles. The lowest BCUT2D eigenvalue weighted by molar-refractivity contribution is -0.119. The van der Waals surface area contributed by atoms with Crippen LogP contribution in [0.15, 0.2) is 24.7 Å². The molecule has 5 nitrogen and oxygen atoms in total. The lowest BCUT2D eigenvalue weighted by Gasteiger charge is -2.22. The molecule has 0 aliphatic rings. The molecule has 0 aromatic carbocycles. The summed E-state index contributed by atoms with van der Waals surface area (Å²) in [4.78, 5) is 20.5. The van der Waals surface area contributed by atoms with Crippen LogP contribution in [0.3, 0.4) is 0 Å². The maximum atomic E-state index is 13.3. The first-order valence-corrected chi connectivity index (χ1v) is 10.4. The third kappa shape index (κ3) is 6.78.